The van der Waals surface area contributed by atoms with Gasteiger partial charge in [-0.05, 0) is 18.6 Å². The van der Waals surface area contributed by atoms with Crippen molar-refractivity contribution in [1.29, 1.82) is 0 Å². The summed E-state index contributed by atoms with van der Waals surface area (Å²) < 4.78 is 0. The van der Waals surface area contributed by atoms with Crippen LogP contribution in [0.25, 0.3) is 0 Å². The molecule has 0 fully saturated rings. The van der Waals surface area contributed by atoms with Crippen LogP contribution in [0.3, 0.4) is 0 Å². The maximum Gasteiger partial charge on any atom is 0.292 e. The largest absolute Gasteiger partial charge is 0.375 e. The quantitative estimate of drug-likeness (QED) is 0.517. The lowest BCUT2D eigenvalue weighted by Crippen LogP contribution is -2.29. The van der Waals surface area contributed by atoms with Crippen LogP contribution in [0, 0.1) is 10.1 Å². The minimum absolute atomic E-state index is 0.0568. The average Bonchev–Trinajstić information content (AvgIpc) is 2.45. The molecule has 0 saturated heterocycles. The molecule has 1 aromatic carbocycles. The number of rotatable bonds is 7. The molecule has 1 aromatic rings. The van der Waals surface area contributed by atoms with Crippen LogP contribution in [0.5, 0.6) is 0 Å². The summed E-state index contributed by atoms with van der Waals surface area (Å²) in [5.41, 5.74) is 6.27. The van der Waals surface area contributed by atoms with Gasteiger partial charge < -0.3 is 16.4 Å². The van der Waals surface area contributed by atoms with Crippen LogP contribution in [0.2, 0.25) is 0 Å². The van der Waals surface area contributed by atoms with Gasteiger partial charge in [0.05, 0.1) is 4.92 Å². The first-order valence-electron chi connectivity index (χ1n) is 6.50. The van der Waals surface area contributed by atoms with Crippen LogP contribution in [0.15, 0.2) is 18.2 Å². The summed E-state index contributed by atoms with van der Waals surface area (Å²) >= 11 is 0. The Hall–Kier alpha value is -2.15. The molecule has 0 bridgehead atoms. The zero-order chi connectivity index (χ0) is 15.1. The second-order valence-electron chi connectivity index (χ2n) is 4.43. The monoisotopic (exact) mass is 280 g/mol. The fourth-order valence-electron chi connectivity index (χ4n) is 1.91. The number of benzene rings is 1. The van der Waals surface area contributed by atoms with E-state index in [1.807, 2.05) is 6.92 Å². The molecule has 0 aliphatic carbocycles. The smallest absolute Gasteiger partial charge is 0.292 e. The Bertz CT molecular complexity index is 491. The highest BCUT2D eigenvalue weighted by Gasteiger charge is 2.18. The Labute approximate surface area is 117 Å². The number of nitro groups is 1. The average molecular weight is 280 g/mol. The summed E-state index contributed by atoms with van der Waals surface area (Å²) in [6.07, 6.45) is 1.72. The first kappa shape index (κ1) is 15.9. The SMILES string of the molecule is CCCC(CN)Nc1cc(C(=O)NC)ccc1[N+](=O)[O-]. The molecule has 0 aromatic heterocycles. The molecule has 0 spiro atoms. The number of carbonyl (C=O) groups is 1. The molecule has 0 aliphatic heterocycles. The predicted molar refractivity (Wildman–Crippen MR) is 77.9 cm³/mol. The number of nitro benzene ring substituents is 1. The summed E-state index contributed by atoms with van der Waals surface area (Å²) in [5.74, 6) is -0.289. The molecular formula is C13H20N4O3. The first-order chi connectivity index (χ1) is 9.53. The van der Waals surface area contributed by atoms with Gasteiger partial charge >= 0.3 is 0 Å². The van der Waals surface area contributed by atoms with Crippen molar-refractivity contribution >= 4 is 17.3 Å². The zero-order valence-electron chi connectivity index (χ0n) is 11.7. The van der Waals surface area contributed by atoms with Gasteiger partial charge in [0.2, 0.25) is 0 Å². The maximum atomic E-state index is 11.6. The molecule has 1 atom stereocenters. The Morgan fingerprint density at radius 1 is 1.50 bits per heavy atom. The summed E-state index contributed by atoms with van der Waals surface area (Å²) in [4.78, 5) is 22.2. The normalized spacial score (nSPS) is 11.8. The predicted octanol–water partition coefficient (Wildman–Crippen LogP) is 1.49. The number of amides is 1. The summed E-state index contributed by atoms with van der Waals surface area (Å²) in [6.45, 7) is 2.38. The van der Waals surface area contributed by atoms with Crippen molar-refractivity contribution in [2.75, 3.05) is 18.9 Å². The van der Waals surface area contributed by atoms with Gasteiger partial charge in [0.15, 0.2) is 0 Å². The molecule has 1 rings (SSSR count). The molecule has 7 heteroatoms. The van der Waals surface area contributed by atoms with Gasteiger partial charge in [0.25, 0.3) is 11.6 Å². The van der Waals surface area contributed by atoms with E-state index >= 15 is 0 Å². The number of nitrogens with one attached hydrogen (secondary N) is 2. The Morgan fingerprint density at radius 2 is 2.20 bits per heavy atom. The van der Waals surface area contributed by atoms with Gasteiger partial charge in [0.1, 0.15) is 5.69 Å². The van der Waals surface area contributed by atoms with Gasteiger partial charge in [-0.25, -0.2) is 0 Å². The topological polar surface area (TPSA) is 110 Å². The van der Waals surface area contributed by atoms with Crippen LogP contribution in [-0.2, 0) is 0 Å². The lowest BCUT2D eigenvalue weighted by Gasteiger charge is -2.17. The van der Waals surface area contributed by atoms with Crippen LogP contribution in [-0.4, -0.2) is 30.5 Å². The number of nitrogens with two attached hydrogens (primary N) is 1. The van der Waals surface area contributed by atoms with Crippen LogP contribution in [0.4, 0.5) is 11.4 Å². The molecule has 1 unspecified atom stereocenters. The summed E-state index contributed by atoms with van der Waals surface area (Å²) in [7, 11) is 1.51. The van der Waals surface area contributed by atoms with E-state index in [1.54, 1.807) is 0 Å². The second-order valence-corrected chi connectivity index (χ2v) is 4.43. The summed E-state index contributed by atoms with van der Waals surface area (Å²) in [6, 6.07) is 4.18. The van der Waals surface area contributed by atoms with Crippen molar-refractivity contribution in [1.82, 2.24) is 5.32 Å². The molecule has 0 aliphatic rings. The first-order valence-corrected chi connectivity index (χ1v) is 6.50. The van der Waals surface area contributed by atoms with E-state index in [4.69, 9.17) is 5.73 Å². The van der Waals surface area contributed by atoms with E-state index in [0.717, 1.165) is 12.8 Å². The van der Waals surface area contributed by atoms with E-state index in [1.165, 1.54) is 25.2 Å². The van der Waals surface area contributed by atoms with Crippen LogP contribution in [0.1, 0.15) is 30.1 Å². The number of carbonyl (C=O) groups excluding carboxylic acids is 1. The van der Waals surface area contributed by atoms with E-state index in [0.29, 0.717) is 17.8 Å². The molecule has 0 radical (unpaired) electrons. The van der Waals surface area contributed by atoms with E-state index in [9.17, 15) is 14.9 Å². The molecular weight excluding hydrogens is 260 g/mol. The number of hydrogen-bond donors (Lipinski definition) is 3. The molecule has 4 N–H and O–H groups in total. The molecule has 0 saturated carbocycles. The van der Waals surface area contributed by atoms with Crippen molar-refractivity contribution in [2.24, 2.45) is 5.73 Å². The molecule has 0 heterocycles. The number of nitrogens with zero attached hydrogens (tertiary/aromatic N) is 1. The molecule has 7 nitrogen and oxygen atoms in total. The highest BCUT2D eigenvalue weighted by atomic mass is 16.6. The maximum absolute atomic E-state index is 11.6. The van der Waals surface area contributed by atoms with E-state index in [-0.39, 0.29) is 17.6 Å². The third kappa shape index (κ3) is 3.92. The Balaban J connectivity index is 3.11. The molecule has 110 valence electrons. The fraction of sp³-hybridized carbons (Fsp3) is 0.462. The standard InChI is InChI=1S/C13H20N4O3/c1-3-4-10(8-14)16-11-7-9(13(18)15-2)5-6-12(11)17(19)20/h5-7,10,16H,3-4,8,14H2,1-2H3,(H,15,18). The Kier molecular flexibility index (Phi) is 5.92. The van der Waals surface area contributed by atoms with Crippen molar-refractivity contribution in [2.45, 2.75) is 25.8 Å². The van der Waals surface area contributed by atoms with Gasteiger partial charge in [0, 0.05) is 31.3 Å². The highest BCUT2D eigenvalue weighted by molar-refractivity contribution is 5.95. The zero-order valence-corrected chi connectivity index (χ0v) is 11.7. The lowest BCUT2D eigenvalue weighted by molar-refractivity contribution is -0.384. The minimum Gasteiger partial charge on any atom is -0.375 e. The van der Waals surface area contributed by atoms with Crippen molar-refractivity contribution < 1.29 is 9.72 Å². The molecule has 1 amide bonds. The minimum atomic E-state index is -0.477. The third-order valence-electron chi connectivity index (χ3n) is 2.96. The van der Waals surface area contributed by atoms with Gasteiger partial charge in [-0.2, -0.15) is 0 Å². The van der Waals surface area contributed by atoms with E-state index < -0.39 is 4.92 Å². The van der Waals surface area contributed by atoms with E-state index in [2.05, 4.69) is 10.6 Å². The van der Waals surface area contributed by atoms with Gasteiger partial charge in [-0.15, -0.1) is 0 Å². The van der Waals surface area contributed by atoms with Gasteiger partial charge in [-0.1, -0.05) is 13.3 Å². The molecule has 20 heavy (non-hydrogen) atoms. The number of anilines is 1. The van der Waals surface area contributed by atoms with Crippen molar-refractivity contribution in [3.05, 3.63) is 33.9 Å². The van der Waals surface area contributed by atoms with Gasteiger partial charge in [-0.3, -0.25) is 14.9 Å². The highest BCUT2D eigenvalue weighted by Crippen LogP contribution is 2.26. The third-order valence-corrected chi connectivity index (χ3v) is 2.96. The fourth-order valence-corrected chi connectivity index (χ4v) is 1.91. The van der Waals surface area contributed by atoms with Crippen LogP contribution >= 0.6 is 0 Å². The summed E-state index contributed by atoms with van der Waals surface area (Å²) in [5, 5.41) is 16.6. The Morgan fingerprint density at radius 3 is 2.70 bits per heavy atom. The number of hydrogen-bond acceptors (Lipinski definition) is 5. The van der Waals surface area contributed by atoms with Crippen molar-refractivity contribution in [3.8, 4) is 0 Å². The second kappa shape index (κ2) is 7.44. The van der Waals surface area contributed by atoms with Crippen LogP contribution < -0.4 is 16.4 Å². The van der Waals surface area contributed by atoms with Crippen molar-refractivity contribution in [3.63, 3.8) is 0 Å². The lowest BCUT2D eigenvalue weighted by atomic mass is 10.1.